The molecule has 0 radical (unpaired) electrons. The van der Waals surface area contributed by atoms with Crippen LogP contribution in [0.4, 0.5) is 0 Å². The highest BCUT2D eigenvalue weighted by Gasteiger charge is 2.20. The molecule has 0 rings (SSSR count). The fourth-order valence-electron chi connectivity index (χ4n) is 0.501. The van der Waals surface area contributed by atoms with Gasteiger partial charge in [0.2, 0.25) is 0 Å². The molecule has 0 spiro atoms. The van der Waals surface area contributed by atoms with Gasteiger partial charge in [0.15, 0.2) is 0 Å². The van der Waals surface area contributed by atoms with E-state index in [9.17, 15) is 4.57 Å². The first-order valence-electron chi connectivity index (χ1n) is 3.46. The first-order chi connectivity index (χ1) is 5.18. The van der Waals surface area contributed by atoms with Crippen LogP contribution in [-0.2, 0) is 18.3 Å². The molecule has 0 saturated heterocycles. The van der Waals surface area contributed by atoms with E-state index in [1.165, 1.54) is 14.2 Å². The fourth-order valence-corrected chi connectivity index (χ4v) is 1.21. The summed E-state index contributed by atoms with van der Waals surface area (Å²) in [6.07, 6.45) is 0.932. The van der Waals surface area contributed by atoms with Crippen LogP contribution in [0.2, 0.25) is 0 Å². The van der Waals surface area contributed by atoms with Gasteiger partial charge < -0.3 is 13.8 Å². The van der Waals surface area contributed by atoms with Crippen LogP contribution in [-0.4, -0.2) is 27.2 Å². The maximum absolute atomic E-state index is 11.3. The van der Waals surface area contributed by atoms with Crippen molar-refractivity contribution in [1.29, 1.82) is 0 Å². The van der Waals surface area contributed by atoms with E-state index in [4.69, 9.17) is 4.74 Å². The molecule has 0 aromatic carbocycles. The third-order valence-corrected chi connectivity index (χ3v) is 2.77. The second kappa shape index (κ2) is 5.72. The average molecular weight is 182 g/mol. The Bertz CT molecular complexity index is 129. The molecule has 0 atom stereocenters. The van der Waals surface area contributed by atoms with Gasteiger partial charge in [-0.3, -0.25) is 4.57 Å². The topological polar surface area (TPSA) is 44.8 Å². The van der Waals surface area contributed by atoms with Gasteiger partial charge in [0, 0.05) is 20.8 Å². The summed E-state index contributed by atoms with van der Waals surface area (Å²) in [4.78, 5) is 0. The van der Waals surface area contributed by atoms with Crippen molar-refractivity contribution in [3.05, 3.63) is 0 Å². The van der Waals surface area contributed by atoms with Crippen LogP contribution in [0, 0.1) is 0 Å². The molecule has 68 valence electrons. The van der Waals surface area contributed by atoms with Crippen LogP contribution in [0.1, 0.15) is 13.3 Å². The number of rotatable bonds is 6. The summed E-state index contributed by atoms with van der Waals surface area (Å²) in [5.41, 5.74) is 0. The molecule has 0 fully saturated rings. The van der Waals surface area contributed by atoms with Crippen LogP contribution >= 0.6 is 7.60 Å². The highest BCUT2D eigenvalue weighted by molar-refractivity contribution is 7.53. The Hall–Kier alpha value is 0.110. The van der Waals surface area contributed by atoms with E-state index in [0.29, 0.717) is 6.61 Å². The quantitative estimate of drug-likeness (QED) is 0.464. The molecule has 0 N–H and O–H groups in total. The Balaban J connectivity index is 3.61. The first kappa shape index (κ1) is 11.1. The van der Waals surface area contributed by atoms with Gasteiger partial charge in [-0.1, -0.05) is 6.92 Å². The molecule has 0 aliphatic heterocycles. The van der Waals surface area contributed by atoms with E-state index < -0.39 is 7.60 Å². The minimum atomic E-state index is -2.93. The van der Waals surface area contributed by atoms with Crippen LogP contribution in [0.15, 0.2) is 0 Å². The Labute approximate surface area is 67.4 Å². The molecule has 0 aliphatic carbocycles. The molecule has 11 heavy (non-hydrogen) atoms. The summed E-state index contributed by atoms with van der Waals surface area (Å²) in [7, 11) is -0.239. The van der Waals surface area contributed by atoms with E-state index in [1.54, 1.807) is 0 Å². The molecule has 5 heteroatoms. The van der Waals surface area contributed by atoms with Crippen LogP contribution in [0.25, 0.3) is 0 Å². The molecular weight excluding hydrogens is 167 g/mol. The SMILES string of the molecule is CCCOCP(=O)(OC)OC. The van der Waals surface area contributed by atoms with E-state index in [0.717, 1.165) is 6.42 Å². The summed E-state index contributed by atoms with van der Waals surface area (Å²) in [5, 5.41) is 0. The molecule has 0 aromatic heterocycles. The second-order valence-electron chi connectivity index (χ2n) is 2.01. The lowest BCUT2D eigenvalue weighted by atomic mass is 10.5. The highest BCUT2D eigenvalue weighted by Crippen LogP contribution is 2.45. The van der Waals surface area contributed by atoms with Gasteiger partial charge in [-0.2, -0.15) is 0 Å². The van der Waals surface area contributed by atoms with Crippen molar-refractivity contribution < 1.29 is 18.3 Å². The number of hydrogen-bond acceptors (Lipinski definition) is 4. The zero-order chi connectivity index (χ0) is 8.74. The summed E-state index contributed by atoms with van der Waals surface area (Å²) >= 11 is 0. The number of hydrogen-bond donors (Lipinski definition) is 0. The van der Waals surface area contributed by atoms with E-state index in [2.05, 4.69) is 9.05 Å². The molecule has 0 unspecified atom stereocenters. The standard InChI is InChI=1S/C6H15O4P/c1-4-5-10-6-11(7,8-2)9-3/h4-6H2,1-3H3. The van der Waals surface area contributed by atoms with Gasteiger partial charge in [-0.15, -0.1) is 0 Å². The predicted octanol–water partition coefficient (Wildman–Crippen LogP) is 1.86. The predicted molar refractivity (Wildman–Crippen MR) is 42.7 cm³/mol. The maximum atomic E-state index is 11.3. The lowest BCUT2D eigenvalue weighted by Crippen LogP contribution is -2.00. The third kappa shape index (κ3) is 4.53. The van der Waals surface area contributed by atoms with E-state index >= 15 is 0 Å². The Morgan fingerprint density at radius 2 is 1.82 bits per heavy atom. The highest BCUT2D eigenvalue weighted by atomic mass is 31.2. The largest absolute Gasteiger partial charge is 0.369 e. The van der Waals surface area contributed by atoms with Gasteiger partial charge in [0.05, 0.1) is 0 Å². The summed E-state index contributed by atoms with van der Waals surface area (Å²) in [6, 6.07) is 0. The Morgan fingerprint density at radius 3 is 2.18 bits per heavy atom. The monoisotopic (exact) mass is 182 g/mol. The summed E-state index contributed by atoms with van der Waals surface area (Å²) in [5.74, 6) is 0. The van der Waals surface area contributed by atoms with Crippen LogP contribution in [0.5, 0.6) is 0 Å². The van der Waals surface area contributed by atoms with Crippen molar-refractivity contribution >= 4 is 7.60 Å². The van der Waals surface area contributed by atoms with Gasteiger partial charge in [0.25, 0.3) is 0 Å². The van der Waals surface area contributed by atoms with Crippen molar-refractivity contribution in [3.63, 3.8) is 0 Å². The summed E-state index contributed by atoms with van der Waals surface area (Å²) < 4.78 is 25.6. The first-order valence-corrected chi connectivity index (χ1v) is 5.19. The lowest BCUT2D eigenvalue weighted by molar-refractivity contribution is 0.146. The maximum Gasteiger partial charge on any atom is 0.355 e. The lowest BCUT2D eigenvalue weighted by Gasteiger charge is -2.12. The molecular formula is C6H15O4P. The molecule has 0 aliphatic rings. The van der Waals surface area contributed by atoms with Crippen molar-refractivity contribution in [2.24, 2.45) is 0 Å². The van der Waals surface area contributed by atoms with Crippen molar-refractivity contribution in [2.45, 2.75) is 13.3 Å². The molecule has 0 saturated carbocycles. The average Bonchev–Trinajstić information content (AvgIpc) is 2.05. The molecule has 0 bridgehead atoms. The van der Waals surface area contributed by atoms with Gasteiger partial charge >= 0.3 is 7.60 Å². The van der Waals surface area contributed by atoms with Crippen molar-refractivity contribution in [2.75, 3.05) is 27.2 Å². The molecule has 0 heterocycles. The minimum absolute atomic E-state index is 0.0356. The fraction of sp³-hybridized carbons (Fsp3) is 1.00. The van der Waals surface area contributed by atoms with E-state index in [1.807, 2.05) is 6.92 Å². The van der Waals surface area contributed by atoms with Gasteiger partial charge in [0.1, 0.15) is 6.35 Å². The minimum Gasteiger partial charge on any atom is -0.369 e. The molecule has 0 amide bonds. The smallest absolute Gasteiger partial charge is 0.355 e. The van der Waals surface area contributed by atoms with Gasteiger partial charge in [-0.25, -0.2) is 0 Å². The molecule has 0 aromatic rings. The number of ether oxygens (including phenoxy) is 1. The Kier molecular flexibility index (Phi) is 5.78. The third-order valence-electron chi connectivity index (χ3n) is 1.15. The summed E-state index contributed by atoms with van der Waals surface area (Å²) in [6.45, 7) is 2.56. The Morgan fingerprint density at radius 1 is 1.27 bits per heavy atom. The van der Waals surface area contributed by atoms with Crippen LogP contribution < -0.4 is 0 Å². The molecule has 4 nitrogen and oxygen atoms in total. The zero-order valence-electron chi connectivity index (χ0n) is 7.20. The normalized spacial score (nSPS) is 11.9. The van der Waals surface area contributed by atoms with E-state index in [-0.39, 0.29) is 6.35 Å². The zero-order valence-corrected chi connectivity index (χ0v) is 8.10. The van der Waals surface area contributed by atoms with Crippen LogP contribution in [0.3, 0.4) is 0 Å². The van der Waals surface area contributed by atoms with Crippen molar-refractivity contribution in [1.82, 2.24) is 0 Å². The van der Waals surface area contributed by atoms with Gasteiger partial charge in [-0.05, 0) is 6.42 Å². The van der Waals surface area contributed by atoms with Crippen molar-refractivity contribution in [3.8, 4) is 0 Å². The second-order valence-corrected chi connectivity index (χ2v) is 4.22.